The molecule has 0 spiro atoms. The third kappa shape index (κ3) is 2.42. The highest BCUT2D eigenvalue weighted by molar-refractivity contribution is 6.16. The first kappa shape index (κ1) is 17.0. The summed E-state index contributed by atoms with van der Waals surface area (Å²) in [7, 11) is 0. The van der Waals surface area contributed by atoms with E-state index in [1.54, 1.807) is 18.2 Å². The number of fused-ring (bicyclic) bond motifs is 2. The highest BCUT2D eigenvalue weighted by atomic mass is 16.5. The normalized spacial score (nSPS) is 11.7. The van der Waals surface area contributed by atoms with E-state index in [-0.39, 0.29) is 17.7 Å². The van der Waals surface area contributed by atoms with E-state index in [4.69, 9.17) is 4.74 Å². The van der Waals surface area contributed by atoms with Gasteiger partial charge >= 0.3 is 23.9 Å². The van der Waals surface area contributed by atoms with E-state index >= 15 is 0 Å². The van der Waals surface area contributed by atoms with E-state index < -0.39 is 51.9 Å². The Morgan fingerprint density at radius 1 is 0.731 bits per heavy atom. The Labute approximate surface area is 144 Å². The van der Waals surface area contributed by atoms with Crippen LogP contribution in [0.4, 0.5) is 0 Å². The zero-order valence-corrected chi connectivity index (χ0v) is 12.8. The Balaban J connectivity index is 2.50. The van der Waals surface area contributed by atoms with Gasteiger partial charge in [-0.3, -0.25) is 0 Å². The zero-order chi connectivity index (χ0) is 19.2. The van der Waals surface area contributed by atoms with Crippen molar-refractivity contribution in [1.82, 2.24) is 0 Å². The zero-order valence-electron chi connectivity index (χ0n) is 12.8. The number of hydrogen-bond acceptors (Lipinski definition) is 5. The Bertz CT molecular complexity index is 924. The lowest BCUT2D eigenvalue weighted by Gasteiger charge is -2.25. The number of rotatable bonds is 4. The second-order valence-corrected chi connectivity index (χ2v) is 5.41. The van der Waals surface area contributed by atoms with Crippen LogP contribution in [0.1, 0.15) is 52.6 Å². The summed E-state index contributed by atoms with van der Waals surface area (Å²) in [5.74, 6) is -7.41. The summed E-state index contributed by atoms with van der Waals surface area (Å²) in [5.41, 5.74) is -3.62. The Kier molecular flexibility index (Phi) is 3.84. The fourth-order valence-electron chi connectivity index (χ4n) is 2.98. The standard InChI is InChI=1S/C17H10O9/c18-14(19)9-7-5-6-3-1-2-4-8(6)26-13(7)12(17(24)25)11(16(22)23)10(9)15(20)21/h1-4H,5H2,(H,18,19)(H,20,21)(H,22,23)(H,24,25). The first-order valence-corrected chi connectivity index (χ1v) is 7.15. The Morgan fingerprint density at radius 2 is 1.23 bits per heavy atom. The lowest BCUT2D eigenvalue weighted by atomic mass is 9.86. The minimum absolute atomic E-state index is 0.117. The van der Waals surface area contributed by atoms with Gasteiger partial charge in [0, 0.05) is 12.0 Å². The molecule has 2 aromatic rings. The van der Waals surface area contributed by atoms with Crippen LogP contribution in [0.25, 0.3) is 0 Å². The molecule has 0 aliphatic carbocycles. The number of carboxylic acids is 4. The average molecular weight is 358 g/mol. The Morgan fingerprint density at radius 3 is 1.77 bits per heavy atom. The third-order valence-corrected chi connectivity index (χ3v) is 3.96. The molecule has 1 aliphatic heterocycles. The number of para-hydroxylation sites is 1. The van der Waals surface area contributed by atoms with Crippen LogP contribution < -0.4 is 4.74 Å². The smallest absolute Gasteiger partial charge is 0.340 e. The summed E-state index contributed by atoms with van der Waals surface area (Å²) < 4.78 is 5.49. The minimum atomic E-state index is -1.88. The molecule has 1 aliphatic rings. The molecule has 0 atom stereocenters. The van der Waals surface area contributed by atoms with Crippen molar-refractivity contribution in [2.45, 2.75) is 6.42 Å². The summed E-state index contributed by atoms with van der Waals surface area (Å²) in [6, 6.07) is 6.37. The van der Waals surface area contributed by atoms with Crippen LogP contribution in [0.2, 0.25) is 0 Å². The van der Waals surface area contributed by atoms with Crippen molar-refractivity contribution in [3.63, 3.8) is 0 Å². The Hall–Kier alpha value is -3.88. The second kappa shape index (κ2) is 5.88. The van der Waals surface area contributed by atoms with Crippen molar-refractivity contribution in [3.8, 4) is 11.5 Å². The van der Waals surface area contributed by atoms with E-state index in [1.807, 2.05) is 0 Å². The van der Waals surface area contributed by atoms with Gasteiger partial charge in [0.1, 0.15) is 17.1 Å². The van der Waals surface area contributed by atoms with Crippen LogP contribution in [0.15, 0.2) is 24.3 Å². The van der Waals surface area contributed by atoms with Crippen molar-refractivity contribution in [3.05, 3.63) is 57.6 Å². The molecule has 0 unspecified atom stereocenters. The molecular weight excluding hydrogens is 348 g/mol. The molecule has 0 fully saturated rings. The number of aromatic carboxylic acids is 4. The van der Waals surface area contributed by atoms with Crippen LogP contribution in [0.5, 0.6) is 11.5 Å². The number of carboxylic acid groups (broad SMARTS) is 4. The molecule has 26 heavy (non-hydrogen) atoms. The molecule has 0 amide bonds. The topological polar surface area (TPSA) is 158 Å². The second-order valence-electron chi connectivity index (χ2n) is 5.41. The van der Waals surface area contributed by atoms with Gasteiger partial charge in [-0.15, -0.1) is 0 Å². The van der Waals surface area contributed by atoms with Crippen LogP contribution in [-0.2, 0) is 6.42 Å². The molecule has 0 saturated heterocycles. The maximum atomic E-state index is 11.7. The fraction of sp³-hybridized carbons (Fsp3) is 0.0588. The molecular formula is C17H10O9. The summed E-state index contributed by atoms with van der Waals surface area (Å²) in [6.45, 7) is 0. The minimum Gasteiger partial charge on any atom is -0.478 e. The third-order valence-electron chi connectivity index (χ3n) is 3.96. The van der Waals surface area contributed by atoms with Crippen molar-refractivity contribution in [1.29, 1.82) is 0 Å². The first-order valence-electron chi connectivity index (χ1n) is 7.15. The monoisotopic (exact) mass is 358 g/mol. The predicted octanol–water partition coefficient (Wildman–Crippen LogP) is 2.18. The van der Waals surface area contributed by atoms with Gasteiger partial charge < -0.3 is 25.2 Å². The molecule has 0 saturated carbocycles. The molecule has 4 N–H and O–H groups in total. The van der Waals surface area contributed by atoms with E-state index in [2.05, 4.69) is 0 Å². The van der Waals surface area contributed by atoms with Crippen LogP contribution >= 0.6 is 0 Å². The predicted molar refractivity (Wildman–Crippen MR) is 83.6 cm³/mol. The molecule has 2 aromatic carbocycles. The number of carbonyl (C=O) groups is 4. The highest BCUT2D eigenvalue weighted by Gasteiger charge is 2.38. The number of benzene rings is 2. The maximum Gasteiger partial charge on any atom is 0.340 e. The SMILES string of the molecule is O=C(O)c1c2c(c(C(=O)O)c(C(=O)O)c1C(=O)O)Oc1ccccc1C2. The lowest BCUT2D eigenvalue weighted by molar-refractivity contribution is 0.0616. The van der Waals surface area contributed by atoms with Gasteiger partial charge in [0.15, 0.2) is 0 Å². The number of hydrogen-bond donors (Lipinski definition) is 4. The summed E-state index contributed by atoms with van der Waals surface area (Å²) in [4.78, 5) is 46.6. The molecule has 1 heterocycles. The molecule has 0 radical (unpaired) electrons. The molecule has 9 heteroatoms. The average Bonchev–Trinajstić information content (AvgIpc) is 2.56. The molecule has 0 aromatic heterocycles. The number of ether oxygens (including phenoxy) is 1. The maximum absolute atomic E-state index is 11.7. The van der Waals surface area contributed by atoms with Crippen molar-refractivity contribution < 1.29 is 44.3 Å². The van der Waals surface area contributed by atoms with E-state index in [0.717, 1.165) is 0 Å². The molecule has 3 rings (SSSR count). The van der Waals surface area contributed by atoms with Gasteiger partial charge in [0.25, 0.3) is 0 Å². The van der Waals surface area contributed by atoms with E-state index in [9.17, 15) is 39.6 Å². The van der Waals surface area contributed by atoms with Crippen molar-refractivity contribution in [2.24, 2.45) is 0 Å². The van der Waals surface area contributed by atoms with Gasteiger partial charge in [0.2, 0.25) is 0 Å². The van der Waals surface area contributed by atoms with Crippen LogP contribution in [-0.4, -0.2) is 44.3 Å². The molecule has 132 valence electrons. The van der Waals surface area contributed by atoms with Gasteiger partial charge in [-0.25, -0.2) is 19.2 Å². The summed E-state index contributed by atoms with van der Waals surface area (Å²) >= 11 is 0. The highest BCUT2D eigenvalue weighted by Crippen LogP contribution is 2.43. The largest absolute Gasteiger partial charge is 0.478 e. The van der Waals surface area contributed by atoms with Gasteiger partial charge in [0.05, 0.1) is 16.7 Å². The molecule has 0 bridgehead atoms. The first-order chi connectivity index (χ1) is 12.2. The fourth-order valence-corrected chi connectivity index (χ4v) is 2.98. The van der Waals surface area contributed by atoms with Crippen molar-refractivity contribution >= 4 is 23.9 Å². The van der Waals surface area contributed by atoms with Crippen LogP contribution in [0.3, 0.4) is 0 Å². The van der Waals surface area contributed by atoms with Gasteiger partial charge in [-0.1, -0.05) is 18.2 Å². The van der Waals surface area contributed by atoms with E-state index in [0.29, 0.717) is 5.56 Å². The van der Waals surface area contributed by atoms with Crippen LogP contribution in [0, 0.1) is 0 Å². The lowest BCUT2D eigenvalue weighted by Crippen LogP contribution is -2.24. The molecule has 9 nitrogen and oxygen atoms in total. The quantitative estimate of drug-likeness (QED) is 0.548. The summed E-state index contributed by atoms with van der Waals surface area (Å²) in [6.07, 6.45) is -0.117. The van der Waals surface area contributed by atoms with Gasteiger partial charge in [-0.2, -0.15) is 0 Å². The van der Waals surface area contributed by atoms with Crippen molar-refractivity contribution in [2.75, 3.05) is 0 Å². The van der Waals surface area contributed by atoms with E-state index in [1.165, 1.54) is 6.07 Å². The summed E-state index contributed by atoms with van der Waals surface area (Å²) in [5, 5.41) is 37.7. The van der Waals surface area contributed by atoms with Gasteiger partial charge in [-0.05, 0) is 11.6 Å².